The molecule has 4 rings (SSSR count). The molecule has 0 bridgehead atoms. The Morgan fingerprint density at radius 2 is 1.79 bits per heavy atom. The molecule has 0 saturated heterocycles. The molecule has 0 aliphatic heterocycles. The molecule has 1 N–H and O–H groups in total. The quantitative estimate of drug-likeness (QED) is 0.390. The van der Waals surface area contributed by atoms with Gasteiger partial charge in [-0.25, -0.2) is 4.98 Å². The van der Waals surface area contributed by atoms with E-state index in [0.717, 1.165) is 28.1 Å². The summed E-state index contributed by atoms with van der Waals surface area (Å²) >= 11 is 1.13. The molecule has 0 spiro atoms. The second-order valence-electron chi connectivity index (χ2n) is 5.97. The van der Waals surface area contributed by atoms with Crippen LogP contribution < -0.4 is 5.32 Å². The van der Waals surface area contributed by atoms with E-state index in [4.69, 9.17) is 9.15 Å². The van der Waals surface area contributed by atoms with Crippen molar-refractivity contribution < 1.29 is 18.7 Å². The molecule has 7 heteroatoms. The molecule has 1 heterocycles. The Labute approximate surface area is 164 Å². The number of benzene rings is 3. The first-order chi connectivity index (χ1) is 13.7. The van der Waals surface area contributed by atoms with Crippen LogP contribution in [0.5, 0.6) is 0 Å². The summed E-state index contributed by atoms with van der Waals surface area (Å²) in [6, 6.07) is 20.7. The Kier molecular flexibility index (Phi) is 5.25. The summed E-state index contributed by atoms with van der Waals surface area (Å²) in [5.74, 6) is -0.897. The maximum absolute atomic E-state index is 12.1. The molecular weight excluding hydrogens is 376 g/mol. The summed E-state index contributed by atoms with van der Waals surface area (Å²) in [5, 5.41) is 5.11. The molecule has 0 saturated carbocycles. The van der Waals surface area contributed by atoms with Crippen LogP contribution >= 0.6 is 11.8 Å². The number of rotatable bonds is 6. The fourth-order valence-corrected chi connectivity index (χ4v) is 3.38. The van der Waals surface area contributed by atoms with Crippen LogP contribution in [-0.2, 0) is 14.3 Å². The van der Waals surface area contributed by atoms with Gasteiger partial charge in [0.1, 0.15) is 11.3 Å². The average molecular weight is 392 g/mol. The number of carbonyl (C=O) groups excluding carboxylic acids is 2. The highest BCUT2D eigenvalue weighted by Gasteiger charge is 2.12. The van der Waals surface area contributed by atoms with E-state index in [0.29, 0.717) is 16.5 Å². The molecule has 0 radical (unpaired) electrons. The molecule has 0 fully saturated rings. The molecule has 0 unspecified atom stereocenters. The van der Waals surface area contributed by atoms with Crippen LogP contribution in [0.3, 0.4) is 0 Å². The molecule has 0 aliphatic carbocycles. The first-order valence-corrected chi connectivity index (χ1v) is 9.59. The minimum absolute atomic E-state index is 0.00830. The number of esters is 1. The van der Waals surface area contributed by atoms with Crippen molar-refractivity contribution in [3.63, 3.8) is 0 Å². The molecule has 6 nitrogen and oxygen atoms in total. The number of nitrogens with zero attached hydrogens (tertiary/aromatic N) is 1. The maximum atomic E-state index is 12.1. The Balaban J connectivity index is 1.28. The Hall–Kier alpha value is -3.32. The van der Waals surface area contributed by atoms with Crippen molar-refractivity contribution in [3.05, 3.63) is 66.7 Å². The van der Waals surface area contributed by atoms with Gasteiger partial charge in [0.15, 0.2) is 12.2 Å². The lowest BCUT2D eigenvalue weighted by atomic mass is 10.1. The van der Waals surface area contributed by atoms with Gasteiger partial charge in [0, 0.05) is 11.1 Å². The normalized spacial score (nSPS) is 10.9. The number of oxazole rings is 1. The third kappa shape index (κ3) is 4.15. The second-order valence-corrected chi connectivity index (χ2v) is 6.90. The van der Waals surface area contributed by atoms with Gasteiger partial charge in [-0.3, -0.25) is 9.59 Å². The summed E-state index contributed by atoms with van der Waals surface area (Å²) in [5.41, 5.74) is 2.07. The van der Waals surface area contributed by atoms with Crippen LogP contribution in [0.1, 0.15) is 0 Å². The van der Waals surface area contributed by atoms with Gasteiger partial charge in [0.25, 0.3) is 11.1 Å². The van der Waals surface area contributed by atoms with Gasteiger partial charge in [0.2, 0.25) is 0 Å². The van der Waals surface area contributed by atoms with Crippen molar-refractivity contribution in [2.24, 2.45) is 0 Å². The number of thioether (sulfide) groups is 1. The number of ether oxygens (including phenoxy) is 1. The van der Waals surface area contributed by atoms with Crippen molar-refractivity contribution in [3.8, 4) is 0 Å². The van der Waals surface area contributed by atoms with Gasteiger partial charge in [-0.05, 0) is 23.6 Å². The predicted molar refractivity (Wildman–Crippen MR) is 108 cm³/mol. The van der Waals surface area contributed by atoms with Crippen molar-refractivity contribution in [1.29, 1.82) is 0 Å². The van der Waals surface area contributed by atoms with Crippen LogP contribution in [0.4, 0.5) is 5.69 Å². The second kappa shape index (κ2) is 8.14. The zero-order valence-corrected chi connectivity index (χ0v) is 15.6. The predicted octanol–water partition coefficient (Wildman–Crippen LogP) is 4.26. The van der Waals surface area contributed by atoms with Gasteiger partial charge in [0.05, 0.1) is 0 Å². The lowest BCUT2D eigenvalue weighted by Gasteiger charge is -2.09. The standard InChI is InChI=1S/C21H16N2O4S/c24-19(22-16-10-5-7-14-6-1-2-8-15(14)16)12-26-20(25)13-28-21-23-17-9-3-4-11-18(17)27-21/h1-11H,12-13H2,(H,22,24). The highest BCUT2D eigenvalue weighted by molar-refractivity contribution is 7.99. The number of amides is 1. The van der Waals surface area contributed by atoms with Crippen molar-refractivity contribution >= 4 is 51.2 Å². The summed E-state index contributed by atoms with van der Waals surface area (Å²) < 4.78 is 10.6. The van der Waals surface area contributed by atoms with E-state index in [1.54, 1.807) is 0 Å². The molecule has 0 atom stereocenters. The zero-order valence-electron chi connectivity index (χ0n) is 14.8. The molecular formula is C21H16N2O4S. The van der Waals surface area contributed by atoms with Gasteiger partial charge in [-0.15, -0.1) is 0 Å². The molecule has 4 aromatic rings. The number of aromatic nitrogens is 1. The molecule has 28 heavy (non-hydrogen) atoms. The molecule has 0 aliphatic rings. The van der Waals surface area contributed by atoms with Crippen molar-refractivity contribution in [1.82, 2.24) is 4.98 Å². The lowest BCUT2D eigenvalue weighted by molar-refractivity contribution is -0.144. The van der Waals surface area contributed by atoms with Crippen molar-refractivity contribution in [2.45, 2.75) is 5.22 Å². The monoisotopic (exact) mass is 392 g/mol. The zero-order chi connectivity index (χ0) is 19.3. The fraction of sp³-hybridized carbons (Fsp3) is 0.0952. The molecule has 140 valence electrons. The summed E-state index contributed by atoms with van der Waals surface area (Å²) in [6.07, 6.45) is 0. The largest absolute Gasteiger partial charge is 0.455 e. The fourth-order valence-electron chi connectivity index (χ4n) is 2.74. The molecule has 1 aromatic heterocycles. The number of nitrogens with one attached hydrogen (secondary N) is 1. The number of para-hydroxylation sites is 2. The minimum atomic E-state index is -0.514. The van der Waals surface area contributed by atoms with Crippen LogP contribution in [0, 0.1) is 0 Å². The number of fused-ring (bicyclic) bond motifs is 2. The van der Waals surface area contributed by atoms with E-state index in [1.165, 1.54) is 0 Å². The minimum Gasteiger partial charge on any atom is -0.455 e. The molecule has 1 amide bonds. The van der Waals surface area contributed by atoms with Gasteiger partial charge in [-0.1, -0.05) is 60.3 Å². The Morgan fingerprint density at radius 1 is 1.00 bits per heavy atom. The van der Waals surface area contributed by atoms with E-state index in [9.17, 15) is 9.59 Å². The smallest absolute Gasteiger partial charge is 0.316 e. The SMILES string of the molecule is O=C(COC(=O)CSc1nc2ccccc2o1)Nc1cccc2ccccc12. The van der Waals surface area contributed by atoms with E-state index in [-0.39, 0.29) is 12.4 Å². The average Bonchev–Trinajstić information content (AvgIpc) is 3.14. The first-order valence-electron chi connectivity index (χ1n) is 8.61. The summed E-state index contributed by atoms with van der Waals surface area (Å²) in [6.45, 7) is -0.351. The Morgan fingerprint density at radius 3 is 2.68 bits per heavy atom. The van der Waals surface area contributed by atoms with Gasteiger partial charge >= 0.3 is 5.97 Å². The van der Waals surface area contributed by atoms with E-state index in [1.807, 2.05) is 66.7 Å². The van der Waals surface area contributed by atoms with E-state index < -0.39 is 11.9 Å². The topological polar surface area (TPSA) is 81.4 Å². The maximum Gasteiger partial charge on any atom is 0.316 e. The van der Waals surface area contributed by atoms with Crippen LogP contribution in [0.15, 0.2) is 76.4 Å². The number of hydrogen-bond acceptors (Lipinski definition) is 6. The van der Waals surface area contributed by atoms with E-state index in [2.05, 4.69) is 10.3 Å². The lowest BCUT2D eigenvalue weighted by Crippen LogP contribution is -2.21. The third-order valence-corrected chi connectivity index (χ3v) is 4.82. The van der Waals surface area contributed by atoms with Crippen LogP contribution in [-0.4, -0.2) is 29.2 Å². The number of carbonyl (C=O) groups is 2. The van der Waals surface area contributed by atoms with Gasteiger partial charge in [-0.2, -0.15) is 0 Å². The van der Waals surface area contributed by atoms with Crippen molar-refractivity contribution in [2.75, 3.05) is 17.7 Å². The van der Waals surface area contributed by atoms with Gasteiger partial charge < -0.3 is 14.5 Å². The summed E-state index contributed by atoms with van der Waals surface area (Å²) in [7, 11) is 0. The highest BCUT2D eigenvalue weighted by atomic mass is 32.2. The number of anilines is 1. The van der Waals surface area contributed by atoms with E-state index >= 15 is 0 Å². The first kappa shape index (κ1) is 18.1. The highest BCUT2D eigenvalue weighted by Crippen LogP contribution is 2.24. The number of hydrogen-bond donors (Lipinski definition) is 1. The van der Waals surface area contributed by atoms with Crippen LogP contribution in [0.25, 0.3) is 21.9 Å². The Bertz CT molecular complexity index is 1120. The van der Waals surface area contributed by atoms with Crippen LogP contribution in [0.2, 0.25) is 0 Å². The molecule has 3 aromatic carbocycles. The summed E-state index contributed by atoms with van der Waals surface area (Å²) in [4.78, 5) is 28.3. The third-order valence-electron chi connectivity index (χ3n) is 4.02.